The van der Waals surface area contributed by atoms with Crippen LogP contribution in [-0.4, -0.2) is 12.1 Å². The van der Waals surface area contributed by atoms with E-state index in [-0.39, 0.29) is 5.91 Å². The third kappa shape index (κ3) is 3.78. The predicted octanol–water partition coefficient (Wildman–Crippen LogP) is 3.78. The van der Waals surface area contributed by atoms with Crippen molar-refractivity contribution in [3.05, 3.63) is 69.7 Å². The Balaban J connectivity index is 1.99. The Morgan fingerprint density at radius 1 is 1.20 bits per heavy atom. The molecule has 0 unspecified atom stereocenters. The minimum atomic E-state index is -0.237. The Morgan fingerprint density at radius 2 is 1.90 bits per heavy atom. The van der Waals surface area contributed by atoms with Gasteiger partial charge < -0.3 is 0 Å². The first kappa shape index (κ1) is 14.5. The van der Waals surface area contributed by atoms with Gasteiger partial charge >= 0.3 is 0 Å². The fraction of sp³-hybridized carbons (Fsp3) is 0.125. The van der Waals surface area contributed by atoms with Crippen LogP contribution in [0.5, 0.6) is 0 Å². The highest BCUT2D eigenvalue weighted by Crippen LogP contribution is 2.15. The van der Waals surface area contributed by atoms with Crippen LogP contribution in [0.2, 0.25) is 0 Å². The SMILES string of the molecule is CCc1ccc(C=NNC(=O)c2ccccc2Br)cc1. The molecule has 0 heterocycles. The summed E-state index contributed by atoms with van der Waals surface area (Å²) in [4.78, 5) is 11.9. The van der Waals surface area contributed by atoms with E-state index < -0.39 is 0 Å². The van der Waals surface area contributed by atoms with Crippen LogP contribution in [-0.2, 0) is 6.42 Å². The number of hydrogen-bond donors (Lipinski definition) is 1. The Bertz CT molecular complexity index is 621. The van der Waals surface area contributed by atoms with Crippen LogP contribution in [0.1, 0.15) is 28.4 Å². The van der Waals surface area contributed by atoms with Gasteiger partial charge in [0.25, 0.3) is 5.91 Å². The molecule has 0 aliphatic heterocycles. The number of benzene rings is 2. The molecule has 1 N–H and O–H groups in total. The first-order valence-electron chi connectivity index (χ1n) is 6.37. The van der Waals surface area contributed by atoms with Crippen LogP contribution in [0.25, 0.3) is 0 Å². The van der Waals surface area contributed by atoms with Gasteiger partial charge in [0.15, 0.2) is 0 Å². The van der Waals surface area contributed by atoms with E-state index in [1.807, 2.05) is 30.3 Å². The number of carbonyl (C=O) groups is 1. The summed E-state index contributed by atoms with van der Waals surface area (Å²) >= 11 is 3.34. The number of hydrogen-bond acceptors (Lipinski definition) is 2. The molecule has 0 aliphatic carbocycles. The van der Waals surface area contributed by atoms with Crippen LogP contribution in [0.15, 0.2) is 58.1 Å². The smallest absolute Gasteiger partial charge is 0.267 e. The molecule has 0 bridgehead atoms. The molecular formula is C16H15BrN2O. The second-order valence-corrected chi connectivity index (χ2v) is 5.13. The number of carbonyl (C=O) groups excluding carboxylic acids is 1. The van der Waals surface area contributed by atoms with Crippen LogP contribution >= 0.6 is 15.9 Å². The highest BCUT2D eigenvalue weighted by atomic mass is 79.9. The van der Waals surface area contributed by atoms with Gasteiger partial charge in [0.1, 0.15) is 0 Å². The summed E-state index contributed by atoms with van der Waals surface area (Å²) in [6.07, 6.45) is 2.64. The van der Waals surface area contributed by atoms with Crippen molar-refractivity contribution in [3.63, 3.8) is 0 Å². The third-order valence-corrected chi connectivity index (χ3v) is 3.58. The third-order valence-electron chi connectivity index (χ3n) is 2.89. The number of halogens is 1. The molecule has 0 spiro atoms. The molecule has 2 rings (SSSR count). The minimum Gasteiger partial charge on any atom is -0.267 e. The summed E-state index contributed by atoms with van der Waals surface area (Å²) in [5.74, 6) is -0.237. The quantitative estimate of drug-likeness (QED) is 0.672. The van der Waals surface area contributed by atoms with Crippen molar-refractivity contribution in [2.45, 2.75) is 13.3 Å². The molecule has 0 aliphatic rings. The molecule has 0 fully saturated rings. The van der Waals surface area contributed by atoms with Gasteiger partial charge in [0, 0.05) is 4.47 Å². The number of aryl methyl sites for hydroxylation is 1. The summed E-state index contributed by atoms with van der Waals surface area (Å²) in [6, 6.07) is 15.3. The Morgan fingerprint density at radius 3 is 2.55 bits per heavy atom. The van der Waals surface area contributed by atoms with Gasteiger partial charge in [-0.05, 0) is 45.6 Å². The van der Waals surface area contributed by atoms with Crippen molar-refractivity contribution in [1.29, 1.82) is 0 Å². The summed E-state index contributed by atoms with van der Waals surface area (Å²) in [7, 11) is 0. The molecular weight excluding hydrogens is 316 g/mol. The van der Waals surface area contributed by atoms with Crippen LogP contribution in [0.3, 0.4) is 0 Å². The molecule has 0 atom stereocenters. The number of nitrogens with one attached hydrogen (secondary N) is 1. The lowest BCUT2D eigenvalue weighted by molar-refractivity contribution is 0.0954. The van der Waals surface area contributed by atoms with E-state index >= 15 is 0 Å². The van der Waals surface area contributed by atoms with Crippen LogP contribution in [0.4, 0.5) is 0 Å². The maximum absolute atomic E-state index is 11.9. The summed E-state index contributed by atoms with van der Waals surface area (Å²) < 4.78 is 0.750. The molecule has 2 aromatic rings. The van der Waals surface area contributed by atoms with Crippen molar-refractivity contribution >= 4 is 28.1 Å². The molecule has 3 nitrogen and oxygen atoms in total. The lowest BCUT2D eigenvalue weighted by Gasteiger charge is -2.02. The van der Waals surface area contributed by atoms with Gasteiger partial charge in [0.05, 0.1) is 11.8 Å². The van der Waals surface area contributed by atoms with E-state index in [4.69, 9.17) is 0 Å². The Labute approximate surface area is 126 Å². The van der Waals surface area contributed by atoms with Crippen molar-refractivity contribution in [2.24, 2.45) is 5.10 Å². The van der Waals surface area contributed by atoms with Crippen molar-refractivity contribution in [3.8, 4) is 0 Å². The van der Waals surface area contributed by atoms with E-state index in [2.05, 4.69) is 45.5 Å². The second-order valence-electron chi connectivity index (χ2n) is 4.27. The fourth-order valence-electron chi connectivity index (χ4n) is 1.71. The van der Waals surface area contributed by atoms with E-state index in [1.165, 1.54) is 5.56 Å². The molecule has 20 heavy (non-hydrogen) atoms. The van der Waals surface area contributed by atoms with Gasteiger partial charge in [-0.25, -0.2) is 5.43 Å². The zero-order chi connectivity index (χ0) is 14.4. The molecule has 2 aromatic carbocycles. The minimum absolute atomic E-state index is 0.237. The molecule has 102 valence electrons. The topological polar surface area (TPSA) is 41.5 Å². The van der Waals surface area contributed by atoms with Gasteiger partial charge in [-0.15, -0.1) is 0 Å². The van der Waals surface area contributed by atoms with E-state index in [9.17, 15) is 4.79 Å². The fourth-order valence-corrected chi connectivity index (χ4v) is 2.18. The zero-order valence-electron chi connectivity index (χ0n) is 11.1. The number of rotatable bonds is 4. The molecule has 0 saturated carbocycles. The van der Waals surface area contributed by atoms with Crippen LogP contribution < -0.4 is 5.43 Å². The predicted molar refractivity (Wildman–Crippen MR) is 85.0 cm³/mol. The standard InChI is InChI=1S/C16H15BrN2O/c1-2-12-7-9-13(10-8-12)11-18-19-16(20)14-5-3-4-6-15(14)17/h3-11H,2H2,1H3,(H,19,20). The molecule has 0 saturated heterocycles. The summed E-state index contributed by atoms with van der Waals surface area (Å²) in [5.41, 5.74) is 5.31. The molecule has 0 radical (unpaired) electrons. The second kappa shape index (κ2) is 7.01. The van der Waals surface area contributed by atoms with E-state index in [0.717, 1.165) is 16.5 Å². The van der Waals surface area contributed by atoms with Crippen molar-refractivity contribution in [1.82, 2.24) is 5.43 Å². The van der Waals surface area contributed by atoms with Gasteiger partial charge in [-0.2, -0.15) is 5.10 Å². The van der Waals surface area contributed by atoms with E-state index in [1.54, 1.807) is 12.3 Å². The molecule has 0 aromatic heterocycles. The maximum atomic E-state index is 11.9. The molecule has 4 heteroatoms. The lowest BCUT2D eigenvalue weighted by Crippen LogP contribution is -2.18. The van der Waals surface area contributed by atoms with Crippen molar-refractivity contribution < 1.29 is 4.79 Å². The maximum Gasteiger partial charge on any atom is 0.272 e. The number of amides is 1. The van der Waals surface area contributed by atoms with E-state index in [0.29, 0.717) is 5.56 Å². The highest BCUT2D eigenvalue weighted by Gasteiger charge is 2.07. The van der Waals surface area contributed by atoms with Gasteiger partial charge in [-0.3, -0.25) is 4.79 Å². The largest absolute Gasteiger partial charge is 0.272 e. The van der Waals surface area contributed by atoms with Gasteiger partial charge in [0.2, 0.25) is 0 Å². The molecule has 1 amide bonds. The number of hydrazone groups is 1. The zero-order valence-corrected chi connectivity index (χ0v) is 12.7. The van der Waals surface area contributed by atoms with Gasteiger partial charge in [-0.1, -0.05) is 43.3 Å². The normalized spacial score (nSPS) is 10.7. The highest BCUT2D eigenvalue weighted by molar-refractivity contribution is 9.10. The summed E-state index contributed by atoms with van der Waals surface area (Å²) in [5, 5.41) is 3.97. The number of nitrogens with zero attached hydrogens (tertiary/aromatic N) is 1. The monoisotopic (exact) mass is 330 g/mol. The first-order chi connectivity index (χ1) is 9.70. The Kier molecular flexibility index (Phi) is 5.07. The average Bonchev–Trinajstić information content (AvgIpc) is 2.48. The summed E-state index contributed by atoms with van der Waals surface area (Å²) in [6.45, 7) is 2.11. The lowest BCUT2D eigenvalue weighted by atomic mass is 10.1. The first-order valence-corrected chi connectivity index (χ1v) is 7.17. The Hall–Kier alpha value is -1.94. The van der Waals surface area contributed by atoms with Crippen molar-refractivity contribution in [2.75, 3.05) is 0 Å². The van der Waals surface area contributed by atoms with Crippen LogP contribution in [0, 0.1) is 0 Å². The average molecular weight is 331 g/mol.